The number of ether oxygens (including phenoxy) is 2. The molecule has 0 radical (unpaired) electrons. The van der Waals surface area contributed by atoms with E-state index in [0.717, 1.165) is 50.8 Å². The highest BCUT2D eigenvalue weighted by molar-refractivity contribution is 5.65. The van der Waals surface area contributed by atoms with Crippen LogP contribution in [0.25, 0.3) is 16.9 Å². The first-order valence-electron chi connectivity index (χ1n) is 11.3. The van der Waals surface area contributed by atoms with E-state index in [2.05, 4.69) is 27.4 Å². The zero-order valence-electron chi connectivity index (χ0n) is 19.4. The van der Waals surface area contributed by atoms with E-state index in [0.29, 0.717) is 12.3 Å². The Bertz CT molecular complexity index is 1540. The Hall–Kier alpha value is -4.59. The largest absolute Gasteiger partial charge is 0.495 e. The molecule has 1 unspecified atom stereocenters. The van der Waals surface area contributed by atoms with Crippen molar-refractivity contribution in [3.8, 4) is 28.4 Å². The standard InChI is InChI=1S/C27H24N6O2/c1-17-13-32(16-29-17)24-9-7-18(11-26(24)34-2)23-14-33(31-30-23)27-21-6-4-3-5-19(21)15-35-25-10-8-20(28)12-22(25)27/h3-14,16,27H,15,28H2,1-2H3. The van der Waals surface area contributed by atoms with Crippen LogP contribution in [0.2, 0.25) is 0 Å². The molecule has 0 saturated heterocycles. The van der Waals surface area contributed by atoms with Crippen LogP contribution in [0, 0.1) is 6.92 Å². The zero-order valence-corrected chi connectivity index (χ0v) is 19.4. The maximum atomic E-state index is 6.16. The SMILES string of the molecule is COc1cc(-c2cn(C3c4ccccc4COc4ccc(N)cc43)nn2)ccc1-n1cnc(C)c1. The molecule has 0 bridgehead atoms. The fourth-order valence-corrected chi connectivity index (χ4v) is 4.59. The molecule has 2 aromatic heterocycles. The van der Waals surface area contributed by atoms with Gasteiger partial charge in [0.05, 0.1) is 31.0 Å². The van der Waals surface area contributed by atoms with Crippen molar-refractivity contribution in [3.63, 3.8) is 0 Å². The summed E-state index contributed by atoms with van der Waals surface area (Å²) in [6, 6.07) is 19.7. The second-order valence-electron chi connectivity index (χ2n) is 8.58. The van der Waals surface area contributed by atoms with Gasteiger partial charge in [-0.3, -0.25) is 0 Å². The minimum absolute atomic E-state index is 0.219. The Balaban J connectivity index is 1.44. The lowest BCUT2D eigenvalue weighted by Gasteiger charge is -2.19. The van der Waals surface area contributed by atoms with Gasteiger partial charge in [-0.2, -0.15) is 0 Å². The minimum Gasteiger partial charge on any atom is -0.495 e. The van der Waals surface area contributed by atoms with Crippen molar-refractivity contribution in [2.75, 3.05) is 12.8 Å². The minimum atomic E-state index is -0.219. The van der Waals surface area contributed by atoms with Crippen molar-refractivity contribution in [1.82, 2.24) is 24.5 Å². The van der Waals surface area contributed by atoms with Crippen LogP contribution in [0.1, 0.15) is 28.4 Å². The predicted molar refractivity (Wildman–Crippen MR) is 133 cm³/mol. The number of imidazole rings is 1. The van der Waals surface area contributed by atoms with Crippen molar-refractivity contribution in [2.24, 2.45) is 0 Å². The van der Waals surface area contributed by atoms with Crippen LogP contribution >= 0.6 is 0 Å². The topological polar surface area (TPSA) is 93.0 Å². The average Bonchev–Trinajstić information content (AvgIpc) is 3.50. The van der Waals surface area contributed by atoms with Gasteiger partial charge in [-0.15, -0.1) is 5.10 Å². The van der Waals surface area contributed by atoms with Gasteiger partial charge in [0.2, 0.25) is 0 Å². The normalized spacial score (nSPS) is 14.5. The maximum Gasteiger partial charge on any atom is 0.143 e. The number of hydrogen-bond donors (Lipinski definition) is 1. The van der Waals surface area contributed by atoms with Crippen LogP contribution < -0.4 is 15.2 Å². The van der Waals surface area contributed by atoms with Crippen molar-refractivity contribution in [3.05, 3.63) is 102 Å². The summed E-state index contributed by atoms with van der Waals surface area (Å²) in [5.41, 5.74) is 13.5. The molecule has 1 aliphatic heterocycles. The lowest BCUT2D eigenvalue weighted by molar-refractivity contribution is 0.306. The summed E-state index contributed by atoms with van der Waals surface area (Å²) < 4.78 is 15.6. The maximum absolute atomic E-state index is 6.16. The molecule has 0 amide bonds. The second-order valence-corrected chi connectivity index (χ2v) is 8.58. The zero-order chi connectivity index (χ0) is 23.9. The van der Waals surface area contributed by atoms with E-state index >= 15 is 0 Å². The molecule has 0 aliphatic carbocycles. The summed E-state index contributed by atoms with van der Waals surface area (Å²) in [5.74, 6) is 1.51. The van der Waals surface area contributed by atoms with Gasteiger partial charge in [0.1, 0.15) is 29.8 Å². The van der Waals surface area contributed by atoms with Crippen molar-refractivity contribution >= 4 is 5.69 Å². The first-order chi connectivity index (χ1) is 17.1. The molecule has 174 valence electrons. The number of rotatable bonds is 4. The van der Waals surface area contributed by atoms with Gasteiger partial charge >= 0.3 is 0 Å². The predicted octanol–water partition coefficient (Wildman–Crippen LogP) is 4.56. The molecule has 5 aromatic rings. The van der Waals surface area contributed by atoms with E-state index < -0.39 is 0 Å². The summed E-state index contributed by atoms with van der Waals surface area (Å²) in [5, 5.41) is 9.05. The number of methoxy groups -OCH3 is 1. The van der Waals surface area contributed by atoms with Gasteiger partial charge in [-0.1, -0.05) is 35.5 Å². The lowest BCUT2D eigenvalue weighted by atomic mass is 9.95. The van der Waals surface area contributed by atoms with E-state index in [1.807, 2.05) is 77.1 Å². The molecule has 0 spiro atoms. The van der Waals surface area contributed by atoms with Crippen LogP contribution in [-0.2, 0) is 6.61 Å². The molecule has 1 aliphatic rings. The van der Waals surface area contributed by atoms with Crippen LogP contribution in [0.4, 0.5) is 5.69 Å². The van der Waals surface area contributed by atoms with Crippen LogP contribution in [0.3, 0.4) is 0 Å². The Morgan fingerprint density at radius 3 is 2.74 bits per heavy atom. The second kappa shape index (κ2) is 8.32. The van der Waals surface area contributed by atoms with Gasteiger partial charge in [-0.05, 0) is 48.4 Å². The summed E-state index contributed by atoms with van der Waals surface area (Å²) in [7, 11) is 1.66. The van der Waals surface area contributed by atoms with Crippen LogP contribution in [-0.4, -0.2) is 31.7 Å². The van der Waals surface area contributed by atoms with Gasteiger partial charge in [0.25, 0.3) is 0 Å². The first kappa shape index (κ1) is 21.0. The molecule has 6 rings (SSSR count). The third kappa shape index (κ3) is 3.69. The molecule has 3 heterocycles. The Kier molecular flexibility index (Phi) is 4.99. The summed E-state index contributed by atoms with van der Waals surface area (Å²) in [6.45, 7) is 2.44. The molecule has 1 atom stereocenters. The van der Waals surface area contributed by atoms with E-state index in [1.165, 1.54) is 0 Å². The van der Waals surface area contributed by atoms with E-state index in [-0.39, 0.29) is 6.04 Å². The first-order valence-corrected chi connectivity index (χ1v) is 11.3. The van der Waals surface area contributed by atoms with Gasteiger partial charge in [0.15, 0.2) is 0 Å². The molecule has 8 nitrogen and oxygen atoms in total. The summed E-state index contributed by atoms with van der Waals surface area (Å²) in [4.78, 5) is 4.32. The fraction of sp³-hybridized carbons (Fsp3) is 0.148. The fourth-order valence-electron chi connectivity index (χ4n) is 4.59. The molecule has 2 N–H and O–H groups in total. The number of nitrogens with two attached hydrogens (primary N) is 1. The van der Waals surface area contributed by atoms with Gasteiger partial charge in [-0.25, -0.2) is 9.67 Å². The van der Waals surface area contributed by atoms with E-state index in [4.69, 9.17) is 15.2 Å². The van der Waals surface area contributed by atoms with Crippen LogP contribution in [0.5, 0.6) is 11.5 Å². The van der Waals surface area contributed by atoms with Crippen molar-refractivity contribution in [2.45, 2.75) is 19.6 Å². The third-order valence-electron chi connectivity index (χ3n) is 6.30. The third-order valence-corrected chi connectivity index (χ3v) is 6.30. The molecule has 35 heavy (non-hydrogen) atoms. The Morgan fingerprint density at radius 2 is 1.91 bits per heavy atom. The van der Waals surface area contributed by atoms with E-state index in [1.54, 1.807) is 13.4 Å². The summed E-state index contributed by atoms with van der Waals surface area (Å²) in [6.07, 6.45) is 5.69. The number of aryl methyl sites for hydroxylation is 1. The molecule has 3 aromatic carbocycles. The Morgan fingerprint density at radius 1 is 1.03 bits per heavy atom. The molecule has 0 fully saturated rings. The molecule has 8 heteroatoms. The van der Waals surface area contributed by atoms with Gasteiger partial charge in [0, 0.05) is 23.0 Å². The highest BCUT2D eigenvalue weighted by Crippen LogP contribution is 2.39. The van der Waals surface area contributed by atoms with E-state index in [9.17, 15) is 0 Å². The highest BCUT2D eigenvalue weighted by Gasteiger charge is 2.27. The number of benzene rings is 3. The highest BCUT2D eigenvalue weighted by atomic mass is 16.5. The van der Waals surface area contributed by atoms with Crippen molar-refractivity contribution < 1.29 is 9.47 Å². The molecule has 0 saturated carbocycles. The number of aromatic nitrogens is 5. The lowest BCUT2D eigenvalue weighted by Crippen LogP contribution is -2.14. The number of hydrogen-bond acceptors (Lipinski definition) is 6. The quantitative estimate of drug-likeness (QED) is 0.392. The smallest absolute Gasteiger partial charge is 0.143 e. The molecular formula is C27H24N6O2. The Labute approximate surface area is 202 Å². The number of nitrogens with zero attached hydrogens (tertiary/aromatic N) is 5. The number of fused-ring (bicyclic) bond motifs is 2. The van der Waals surface area contributed by atoms with Crippen molar-refractivity contribution in [1.29, 1.82) is 0 Å². The number of nitrogen functional groups attached to an aromatic ring is 1. The number of anilines is 1. The molecular weight excluding hydrogens is 440 g/mol. The average molecular weight is 465 g/mol. The van der Waals surface area contributed by atoms with Crippen LogP contribution in [0.15, 0.2) is 79.4 Å². The summed E-state index contributed by atoms with van der Waals surface area (Å²) >= 11 is 0. The van der Waals surface area contributed by atoms with Gasteiger partial charge < -0.3 is 19.8 Å². The monoisotopic (exact) mass is 464 g/mol.